The zero-order valence-electron chi connectivity index (χ0n) is 12.3. The summed E-state index contributed by atoms with van der Waals surface area (Å²) >= 11 is 5.78. The molecule has 6 nitrogen and oxygen atoms in total. The Bertz CT molecular complexity index is 535. The van der Waals surface area contributed by atoms with Gasteiger partial charge >= 0.3 is 0 Å². The van der Waals surface area contributed by atoms with E-state index in [0.717, 1.165) is 0 Å². The molecule has 7 heteroatoms. The van der Waals surface area contributed by atoms with Crippen LogP contribution in [0.5, 0.6) is 5.75 Å². The van der Waals surface area contributed by atoms with E-state index in [1.165, 1.54) is 0 Å². The first kappa shape index (κ1) is 16.6. The highest BCUT2D eigenvalue weighted by Gasteiger charge is 2.38. The Morgan fingerprint density at radius 3 is 2.59 bits per heavy atom. The molecule has 1 aromatic carbocycles. The number of primary amides is 1. The summed E-state index contributed by atoms with van der Waals surface area (Å²) in [4.78, 5) is 25.2. The minimum Gasteiger partial charge on any atom is -0.484 e. The van der Waals surface area contributed by atoms with Crippen molar-refractivity contribution in [2.75, 3.05) is 33.4 Å². The molecule has 2 amide bonds. The van der Waals surface area contributed by atoms with E-state index in [1.807, 2.05) is 0 Å². The number of halogens is 1. The second-order valence-electron chi connectivity index (χ2n) is 5.27. The van der Waals surface area contributed by atoms with Gasteiger partial charge in [0.1, 0.15) is 5.75 Å². The second-order valence-corrected chi connectivity index (χ2v) is 5.70. The van der Waals surface area contributed by atoms with Gasteiger partial charge in [0.05, 0.1) is 12.5 Å². The standard InChI is InChI=1S/C15H19ClN2O4/c1-21-8-10-6-18(7-13(10)15(17)20)14(19)9-22-12-4-2-11(16)3-5-12/h2-5,10,13H,6-9H2,1H3,(H2,17,20)/t10-,13+/m0/s1. The fourth-order valence-electron chi connectivity index (χ4n) is 2.55. The van der Waals surface area contributed by atoms with Crippen molar-refractivity contribution in [1.82, 2.24) is 4.90 Å². The van der Waals surface area contributed by atoms with Gasteiger partial charge in [-0.1, -0.05) is 11.6 Å². The number of carbonyl (C=O) groups is 2. The molecule has 0 saturated carbocycles. The maximum absolute atomic E-state index is 12.2. The highest BCUT2D eigenvalue weighted by molar-refractivity contribution is 6.30. The van der Waals surface area contributed by atoms with Crippen LogP contribution in [-0.4, -0.2) is 50.1 Å². The van der Waals surface area contributed by atoms with Crippen LogP contribution in [-0.2, 0) is 14.3 Å². The summed E-state index contributed by atoms with van der Waals surface area (Å²) < 4.78 is 10.5. The van der Waals surface area contributed by atoms with Gasteiger partial charge in [0.15, 0.2) is 6.61 Å². The van der Waals surface area contributed by atoms with Gasteiger partial charge < -0.3 is 20.1 Å². The van der Waals surface area contributed by atoms with Crippen LogP contribution in [0.2, 0.25) is 5.02 Å². The first-order chi connectivity index (χ1) is 10.5. The number of methoxy groups -OCH3 is 1. The summed E-state index contributed by atoms with van der Waals surface area (Å²) in [5.41, 5.74) is 5.38. The van der Waals surface area contributed by atoms with Gasteiger partial charge in [-0.05, 0) is 24.3 Å². The van der Waals surface area contributed by atoms with E-state index >= 15 is 0 Å². The lowest BCUT2D eigenvalue weighted by Crippen LogP contribution is -2.34. The number of likely N-dealkylation sites (tertiary alicyclic amines) is 1. The Labute approximate surface area is 134 Å². The van der Waals surface area contributed by atoms with Crippen LogP contribution in [0.3, 0.4) is 0 Å². The molecule has 1 aliphatic rings. The Morgan fingerprint density at radius 2 is 2.00 bits per heavy atom. The molecule has 1 aliphatic heterocycles. The average Bonchev–Trinajstić information content (AvgIpc) is 2.91. The third-order valence-corrected chi connectivity index (χ3v) is 3.97. The van der Waals surface area contributed by atoms with E-state index in [2.05, 4.69) is 0 Å². The van der Waals surface area contributed by atoms with Crippen LogP contribution in [0.4, 0.5) is 0 Å². The van der Waals surface area contributed by atoms with Gasteiger partial charge in [-0.3, -0.25) is 9.59 Å². The smallest absolute Gasteiger partial charge is 0.260 e. The Morgan fingerprint density at radius 1 is 1.32 bits per heavy atom. The summed E-state index contributed by atoms with van der Waals surface area (Å²) in [5, 5.41) is 0.602. The largest absolute Gasteiger partial charge is 0.484 e. The highest BCUT2D eigenvalue weighted by Crippen LogP contribution is 2.24. The van der Waals surface area contributed by atoms with Gasteiger partial charge in [0.25, 0.3) is 5.91 Å². The maximum atomic E-state index is 12.2. The third-order valence-electron chi connectivity index (χ3n) is 3.72. The summed E-state index contributed by atoms with van der Waals surface area (Å²) in [7, 11) is 1.56. The van der Waals surface area contributed by atoms with Crippen molar-refractivity contribution in [3.63, 3.8) is 0 Å². The van der Waals surface area contributed by atoms with Crippen molar-refractivity contribution in [3.8, 4) is 5.75 Å². The molecule has 1 saturated heterocycles. The summed E-state index contributed by atoms with van der Waals surface area (Å²) in [5.74, 6) is -0.464. The molecule has 0 bridgehead atoms. The number of rotatable bonds is 6. The van der Waals surface area contributed by atoms with E-state index in [-0.39, 0.29) is 24.3 Å². The molecule has 2 atom stereocenters. The fraction of sp³-hybridized carbons (Fsp3) is 0.467. The van der Waals surface area contributed by atoms with Crippen LogP contribution >= 0.6 is 11.6 Å². The van der Waals surface area contributed by atoms with Gasteiger partial charge in [-0.15, -0.1) is 0 Å². The molecule has 0 aliphatic carbocycles. The van der Waals surface area contributed by atoms with E-state index in [1.54, 1.807) is 36.3 Å². The monoisotopic (exact) mass is 326 g/mol. The van der Waals surface area contributed by atoms with E-state index in [4.69, 9.17) is 26.8 Å². The molecule has 1 aromatic rings. The summed E-state index contributed by atoms with van der Waals surface area (Å²) in [6, 6.07) is 6.77. The summed E-state index contributed by atoms with van der Waals surface area (Å²) in [6.45, 7) is 1.07. The number of ether oxygens (including phenoxy) is 2. The molecule has 1 heterocycles. The molecule has 2 N–H and O–H groups in total. The molecule has 1 fully saturated rings. The predicted molar refractivity (Wildman–Crippen MR) is 81.6 cm³/mol. The SMILES string of the molecule is COC[C@@H]1CN(C(=O)COc2ccc(Cl)cc2)C[C@H]1C(N)=O. The molecule has 0 radical (unpaired) electrons. The van der Waals surface area contributed by atoms with Crippen LogP contribution in [0, 0.1) is 11.8 Å². The minimum atomic E-state index is -0.407. The summed E-state index contributed by atoms with van der Waals surface area (Å²) in [6.07, 6.45) is 0. The maximum Gasteiger partial charge on any atom is 0.260 e. The molecule has 2 rings (SSSR count). The Balaban J connectivity index is 1.90. The zero-order chi connectivity index (χ0) is 16.1. The lowest BCUT2D eigenvalue weighted by molar-refractivity contribution is -0.132. The molecular formula is C15H19ClN2O4. The second kappa shape index (κ2) is 7.47. The number of carbonyl (C=O) groups excluding carboxylic acids is 2. The number of nitrogens with two attached hydrogens (primary N) is 1. The number of amides is 2. The van der Waals surface area contributed by atoms with Gasteiger partial charge in [0, 0.05) is 31.1 Å². The molecule has 0 unspecified atom stereocenters. The van der Waals surface area contributed by atoms with E-state index in [9.17, 15) is 9.59 Å². The van der Waals surface area contributed by atoms with Gasteiger partial charge in [-0.25, -0.2) is 0 Å². The first-order valence-electron chi connectivity index (χ1n) is 6.95. The lowest BCUT2D eigenvalue weighted by atomic mass is 9.96. The molecule has 0 aromatic heterocycles. The number of hydrogen-bond donors (Lipinski definition) is 1. The predicted octanol–water partition coefficient (Wildman–Crippen LogP) is 0.925. The normalized spacial score (nSPS) is 20.9. The van der Waals surface area contributed by atoms with Crippen molar-refractivity contribution in [2.45, 2.75) is 0 Å². The molecular weight excluding hydrogens is 308 g/mol. The van der Waals surface area contributed by atoms with Crippen molar-refractivity contribution < 1.29 is 19.1 Å². The molecule has 0 spiro atoms. The quantitative estimate of drug-likeness (QED) is 0.843. The average molecular weight is 327 g/mol. The van der Waals surface area contributed by atoms with Crippen LogP contribution < -0.4 is 10.5 Å². The highest BCUT2D eigenvalue weighted by atomic mass is 35.5. The van der Waals surface area contributed by atoms with Crippen molar-refractivity contribution in [1.29, 1.82) is 0 Å². The van der Waals surface area contributed by atoms with E-state index < -0.39 is 5.91 Å². The fourth-order valence-corrected chi connectivity index (χ4v) is 2.67. The topological polar surface area (TPSA) is 81.9 Å². The van der Waals surface area contributed by atoms with Gasteiger partial charge in [0.2, 0.25) is 5.91 Å². The van der Waals surface area contributed by atoms with Crippen LogP contribution in [0.25, 0.3) is 0 Å². The molecule has 120 valence electrons. The van der Waals surface area contributed by atoms with Crippen LogP contribution in [0.1, 0.15) is 0 Å². The van der Waals surface area contributed by atoms with Crippen molar-refractivity contribution >= 4 is 23.4 Å². The Kier molecular flexibility index (Phi) is 5.63. The number of benzene rings is 1. The third kappa shape index (κ3) is 4.11. The van der Waals surface area contributed by atoms with Crippen molar-refractivity contribution in [2.24, 2.45) is 17.6 Å². The first-order valence-corrected chi connectivity index (χ1v) is 7.33. The lowest BCUT2D eigenvalue weighted by Gasteiger charge is -2.16. The van der Waals surface area contributed by atoms with Crippen molar-refractivity contribution in [3.05, 3.63) is 29.3 Å². The zero-order valence-corrected chi connectivity index (χ0v) is 13.1. The van der Waals surface area contributed by atoms with Gasteiger partial charge in [-0.2, -0.15) is 0 Å². The number of nitrogens with zero attached hydrogens (tertiary/aromatic N) is 1. The Hall–Kier alpha value is -1.79. The minimum absolute atomic E-state index is 0.0676. The number of hydrogen-bond acceptors (Lipinski definition) is 4. The van der Waals surface area contributed by atoms with Crippen LogP contribution in [0.15, 0.2) is 24.3 Å². The molecule has 22 heavy (non-hydrogen) atoms. The van der Waals surface area contributed by atoms with E-state index in [0.29, 0.717) is 30.5 Å².